The summed E-state index contributed by atoms with van der Waals surface area (Å²) in [6.07, 6.45) is 0. The highest BCUT2D eigenvalue weighted by Crippen LogP contribution is 2.17. The van der Waals surface area contributed by atoms with E-state index < -0.39 is 5.97 Å². The maximum atomic E-state index is 11.1. The van der Waals surface area contributed by atoms with Gasteiger partial charge in [0, 0.05) is 26.3 Å². The summed E-state index contributed by atoms with van der Waals surface area (Å²) >= 11 is 0. The van der Waals surface area contributed by atoms with Crippen molar-refractivity contribution in [2.45, 2.75) is 0 Å². The average Bonchev–Trinajstić information content (AvgIpc) is 2.48. The Morgan fingerprint density at radius 3 is 2.80 bits per heavy atom. The molecule has 110 valence electrons. The van der Waals surface area contributed by atoms with Crippen LogP contribution in [-0.2, 0) is 9.47 Å². The monoisotopic (exact) mass is 283 g/mol. The molecule has 0 unspecified atom stereocenters. The van der Waals surface area contributed by atoms with Gasteiger partial charge in [0.25, 0.3) is 0 Å². The third kappa shape index (κ3) is 3.78. The van der Waals surface area contributed by atoms with Crippen molar-refractivity contribution >= 4 is 11.9 Å². The van der Waals surface area contributed by atoms with Crippen LogP contribution in [0.1, 0.15) is 10.5 Å². The smallest absolute Gasteiger partial charge is 0.354 e. The van der Waals surface area contributed by atoms with Gasteiger partial charge in [-0.3, -0.25) is 0 Å². The number of ether oxygens (including phenoxy) is 3. The number of rotatable bonds is 6. The van der Waals surface area contributed by atoms with Crippen molar-refractivity contribution in [3.63, 3.8) is 0 Å². The van der Waals surface area contributed by atoms with Crippen LogP contribution in [0, 0.1) is 0 Å². The highest BCUT2D eigenvalue weighted by molar-refractivity contribution is 5.86. The number of methoxy groups -OCH3 is 1. The second kappa shape index (κ2) is 7.01. The number of aromatic carboxylic acids is 1. The van der Waals surface area contributed by atoms with Gasteiger partial charge < -0.3 is 24.2 Å². The van der Waals surface area contributed by atoms with Crippen molar-refractivity contribution in [1.82, 2.24) is 9.97 Å². The van der Waals surface area contributed by atoms with Gasteiger partial charge in [-0.25, -0.2) is 9.78 Å². The second-order valence-corrected chi connectivity index (χ2v) is 4.14. The second-order valence-electron chi connectivity index (χ2n) is 4.14. The largest absolute Gasteiger partial charge is 0.477 e. The first-order chi connectivity index (χ1) is 9.70. The van der Waals surface area contributed by atoms with Crippen LogP contribution in [0.5, 0.6) is 5.88 Å². The molecule has 0 bridgehead atoms. The molecule has 8 nitrogen and oxygen atoms in total. The number of carbonyl (C=O) groups is 1. The standard InChI is InChI=1S/C12H17N3O5/c1-18-6-7-20-10-8-9(11(16)17)13-12(14-10)15-2-4-19-5-3-15/h8H,2-7H2,1H3,(H,16,17). The van der Waals surface area contributed by atoms with Gasteiger partial charge in [0.2, 0.25) is 11.8 Å². The maximum Gasteiger partial charge on any atom is 0.354 e. The van der Waals surface area contributed by atoms with E-state index in [4.69, 9.17) is 19.3 Å². The minimum absolute atomic E-state index is 0.0890. The summed E-state index contributed by atoms with van der Waals surface area (Å²) in [5.41, 5.74) is -0.0890. The van der Waals surface area contributed by atoms with Crippen molar-refractivity contribution < 1.29 is 24.1 Å². The third-order valence-electron chi connectivity index (χ3n) is 2.74. The molecule has 20 heavy (non-hydrogen) atoms. The summed E-state index contributed by atoms with van der Waals surface area (Å²) in [5, 5.41) is 9.09. The SMILES string of the molecule is COCCOc1cc(C(=O)O)nc(N2CCOCC2)n1. The molecule has 2 heterocycles. The Labute approximate surface area is 116 Å². The predicted octanol–water partition coefficient (Wildman–Crippen LogP) is 0.0366. The maximum absolute atomic E-state index is 11.1. The Balaban J connectivity index is 2.18. The summed E-state index contributed by atoms with van der Waals surface area (Å²) in [7, 11) is 1.56. The highest BCUT2D eigenvalue weighted by atomic mass is 16.5. The molecule has 1 N–H and O–H groups in total. The Bertz CT molecular complexity index is 462. The molecule has 1 fully saturated rings. The first-order valence-corrected chi connectivity index (χ1v) is 6.27. The Hall–Kier alpha value is -1.93. The van der Waals surface area contributed by atoms with Crippen molar-refractivity contribution in [3.05, 3.63) is 11.8 Å². The van der Waals surface area contributed by atoms with Crippen LogP contribution in [0.2, 0.25) is 0 Å². The molecule has 1 aromatic rings. The van der Waals surface area contributed by atoms with Gasteiger partial charge in [-0.1, -0.05) is 0 Å². The lowest BCUT2D eigenvalue weighted by atomic mass is 10.4. The lowest BCUT2D eigenvalue weighted by Gasteiger charge is -2.27. The zero-order chi connectivity index (χ0) is 14.4. The number of hydrogen-bond donors (Lipinski definition) is 1. The number of aromatic nitrogens is 2. The molecule has 0 aliphatic carbocycles. The quantitative estimate of drug-likeness (QED) is 0.731. The molecule has 1 aliphatic rings. The van der Waals surface area contributed by atoms with E-state index in [2.05, 4.69) is 9.97 Å². The van der Waals surface area contributed by atoms with E-state index in [0.717, 1.165) is 0 Å². The molecule has 1 aliphatic heterocycles. The minimum atomic E-state index is -1.11. The molecule has 0 atom stereocenters. The van der Waals surface area contributed by atoms with Gasteiger partial charge in [0.05, 0.1) is 19.8 Å². The van der Waals surface area contributed by atoms with Crippen LogP contribution in [0.4, 0.5) is 5.95 Å². The number of nitrogens with zero attached hydrogens (tertiary/aromatic N) is 3. The van der Waals surface area contributed by atoms with Gasteiger partial charge in [-0.15, -0.1) is 0 Å². The molecular formula is C12H17N3O5. The fourth-order valence-corrected chi connectivity index (χ4v) is 1.73. The average molecular weight is 283 g/mol. The Morgan fingerprint density at radius 2 is 2.15 bits per heavy atom. The van der Waals surface area contributed by atoms with Gasteiger partial charge in [0.1, 0.15) is 6.61 Å². The molecule has 0 aromatic carbocycles. The van der Waals surface area contributed by atoms with Crippen LogP contribution in [0.25, 0.3) is 0 Å². The predicted molar refractivity (Wildman–Crippen MR) is 69.4 cm³/mol. The van der Waals surface area contributed by atoms with Crippen LogP contribution in [-0.4, -0.2) is 67.7 Å². The molecular weight excluding hydrogens is 266 g/mol. The van der Waals surface area contributed by atoms with Crippen molar-refractivity contribution in [2.24, 2.45) is 0 Å². The highest BCUT2D eigenvalue weighted by Gasteiger charge is 2.18. The van der Waals surface area contributed by atoms with Crippen molar-refractivity contribution in [1.29, 1.82) is 0 Å². The van der Waals surface area contributed by atoms with Crippen LogP contribution >= 0.6 is 0 Å². The zero-order valence-corrected chi connectivity index (χ0v) is 11.2. The molecule has 1 saturated heterocycles. The first kappa shape index (κ1) is 14.5. The fraction of sp³-hybridized carbons (Fsp3) is 0.583. The van der Waals surface area contributed by atoms with Crippen LogP contribution in [0.3, 0.4) is 0 Å². The molecule has 2 rings (SSSR count). The van der Waals surface area contributed by atoms with E-state index in [1.807, 2.05) is 4.90 Å². The molecule has 0 radical (unpaired) electrons. The van der Waals surface area contributed by atoms with Gasteiger partial charge in [0.15, 0.2) is 5.69 Å². The van der Waals surface area contributed by atoms with Crippen molar-refractivity contribution in [2.75, 3.05) is 51.5 Å². The van der Waals surface area contributed by atoms with Gasteiger partial charge >= 0.3 is 5.97 Å². The first-order valence-electron chi connectivity index (χ1n) is 6.27. The number of morpholine rings is 1. The van der Waals surface area contributed by atoms with Crippen LogP contribution in [0.15, 0.2) is 6.07 Å². The third-order valence-corrected chi connectivity index (χ3v) is 2.74. The van der Waals surface area contributed by atoms with E-state index in [1.165, 1.54) is 6.07 Å². The normalized spacial score (nSPS) is 15.2. The zero-order valence-electron chi connectivity index (χ0n) is 11.2. The lowest BCUT2D eigenvalue weighted by molar-refractivity contribution is 0.0689. The molecule has 1 aromatic heterocycles. The van der Waals surface area contributed by atoms with Gasteiger partial charge in [-0.05, 0) is 0 Å². The summed E-state index contributed by atoms with van der Waals surface area (Å²) < 4.78 is 15.5. The molecule has 8 heteroatoms. The number of carboxylic acids is 1. The summed E-state index contributed by atoms with van der Waals surface area (Å²) in [5.74, 6) is -0.532. The number of hydrogen-bond acceptors (Lipinski definition) is 7. The van der Waals surface area contributed by atoms with E-state index >= 15 is 0 Å². The van der Waals surface area contributed by atoms with E-state index in [1.54, 1.807) is 7.11 Å². The van der Waals surface area contributed by atoms with Crippen molar-refractivity contribution in [3.8, 4) is 5.88 Å². The Morgan fingerprint density at radius 1 is 1.40 bits per heavy atom. The molecule has 0 spiro atoms. The summed E-state index contributed by atoms with van der Waals surface area (Å²) in [4.78, 5) is 21.2. The fourth-order valence-electron chi connectivity index (χ4n) is 1.73. The Kier molecular flexibility index (Phi) is 5.08. The van der Waals surface area contributed by atoms with Gasteiger partial charge in [-0.2, -0.15) is 4.98 Å². The topological polar surface area (TPSA) is 94.0 Å². The lowest BCUT2D eigenvalue weighted by Crippen LogP contribution is -2.37. The molecule has 0 saturated carbocycles. The van der Waals surface area contributed by atoms with E-state index in [9.17, 15) is 4.79 Å². The summed E-state index contributed by atoms with van der Waals surface area (Å²) in [6.45, 7) is 3.09. The molecule has 0 amide bonds. The van der Waals surface area contributed by atoms with E-state index in [-0.39, 0.29) is 11.6 Å². The van der Waals surface area contributed by atoms with Crippen LogP contribution < -0.4 is 9.64 Å². The number of carboxylic acid groups (broad SMARTS) is 1. The summed E-state index contributed by atoms with van der Waals surface area (Å²) in [6, 6.07) is 1.31. The number of anilines is 1. The van der Waals surface area contributed by atoms with E-state index in [0.29, 0.717) is 45.5 Å². The minimum Gasteiger partial charge on any atom is -0.477 e.